The molecular weight excluding hydrogens is 224 g/mol. The summed E-state index contributed by atoms with van der Waals surface area (Å²) in [7, 11) is 0. The van der Waals surface area contributed by atoms with Gasteiger partial charge in [-0.05, 0) is 49.2 Å². The van der Waals surface area contributed by atoms with Crippen LogP contribution in [0.3, 0.4) is 0 Å². The lowest BCUT2D eigenvalue weighted by atomic mass is 10.1. The van der Waals surface area contributed by atoms with Crippen LogP contribution in [0.2, 0.25) is 0 Å². The fraction of sp³-hybridized carbons (Fsp3) is 0.133. The molecule has 18 heavy (non-hydrogen) atoms. The van der Waals surface area contributed by atoms with Crippen LogP contribution in [-0.2, 0) is 0 Å². The molecule has 0 heterocycles. The maximum Gasteiger partial charge on any atom is 0.255 e. The van der Waals surface area contributed by atoms with E-state index in [1.54, 1.807) is 12.1 Å². The molecule has 3 heteroatoms. The average Bonchev–Trinajstić information content (AvgIpc) is 2.37. The third-order valence-corrected chi connectivity index (χ3v) is 2.90. The predicted octanol–water partition coefficient (Wildman–Crippen LogP) is 3.14. The molecule has 2 aromatic carbocycles. The largest absolute Gasteiger partial charge is 0.399 e. The first-order valence-electron chi connectivity index (χ1n) is 5.81. The van der Waals surface area contributed by atoms with Gasteiger partial charge >= 0.3 is 0 Å². The first kappa shape index (κ1) is 12.2. The summed E-state index contributed by atoms with van der Waals surface area (Å²) in [6.07, 6.45) is 0. The number of hydrogen-bond acceptors (Lipinski definition) is 2. The molecule has 0 radical (unpaired) electrons. The summed E-state index contributed by atoms with van der Waals surface area (Å²) < 4.78 is 0. The molecule has 0 aliphatic rings. The summed E-state index contributed by atoms with van der Waals surface area (Å²) in [5.41, 5.74) is 9.93. The van der Waals surface area contributed by atoms with Gasteiger partial charge in [0.2, 0.25) is 0 Å². The van der Waals surface area contributed by atoms with E-state index in [1.807, 2.05) is 44.2 Å². The third kappa shape index (κ3) is 2.51. The van der Waals surface area contributed by atoms with Gasteiger partial charge in [0, 0.05) is 16.9 Å². The van der Waals surface area contributed by atoms with Crippen molar-refractivity contribution in [3.8, 4) is 0 Å². The number of carbonyl (C=O) groups excluding carboxylic acids is 1. The molecule has 0 saturated carbocycles. The molecule has 3 nitrogen and oxygen atoms in total. The van der Waals surface area contributed by atoms with Crippen molar-refractivity contribution >= 4 is 17.3 Å². The lowest BCUT2D eigenvalue weighted by Gasteiger charge is -2.11. The Labute approximate surface area is 107 Å². The molecule has 92 valence electrons. The topological polar surface area (TPSA) is 55.1 Å². The SMILES string of the molecule is Cc1cc(NC(=O)c2ccccc2)c(C)cc1N. The maximum atomic E-state index is 12.0. The van der Waals surface area contributed by atoms with Gasteiger partial charge in [-0.1, -0.05) is 18.2 Å². The lowest BCUT2D eigenvalue weighted by molar-refractivity contribution is 0.102. The second kappa shape index (κ2) is 4.92. The van der Waals surface area contributed by atoms with Crippen LogP contribution in [0.15, 0.2) is 42.5 Å². The predicted molar refractivity (Wildman–Crippen MR) is 74.7 cm³/mol. The van der Waals surface area contributed by atoms with Crippen molar-refractivity contribution in [1.29, 1.82) is 0 Å². The molecule has 1 amide bonds. The molecule has 0 bridgehead atoms. The van der Waals surface area contributed by atoms with Crippen LogP contribution in [0.5, 0.6) is 0 Å². The van der Waals surface area contributed by atoms with Gasteiger partial charge in [-0.2, -0.15) is 0 Å². The van der Waals surface area contributed by atoms with E-state index in [0.717, 1.165) is 22.5 Å². The zero-order valence-electron chi connectivity index (χ0n) is 10.5. The Kier molecular flexibility index (Phi) is 3.33. The quantitative estimate of drug-likeness (QED) is 0.792. The number of benzene rings is 2. The molecule has 0 atom stereocenters. The molecule has 2 aromatic rings. The van der Waals surface area contributed by atoms with Gasteiger partial charge in [0.05, 0.1) is 0 Å². The number of amides is 1. The van der Waals surface area contributed by atoms with Crippen molar-refractivity contribution in [3.05, 3.63) is 59.2 Å². The molecule has 0 spiro atoms. The van der Waals surface area contributed by atoms with Gasteiger partial charge in [0.15, 0.2) is 0 Å². The minimum atomic E-state index is -0.108. The summed E-state index contributed by atoms with van der Waals surface area (Å²) in [4.78, 5) is 12.0. The minimum Gasteiger partial charge on any atom is -0.399 e. The van der Waals surface area contributed by atoms with Gasteiger partial charge in [0.1, 0.15) is 0 Å². The number of nitrogens with one attached hydrogen (secondary N) is 1. The summed E-state index contributed by atoms with van der Waals surface area (Å²) in [5.74, 6) is -0.108. The highest BCUT2D eigenvalue weighted by molar-refractivity contribution is 6.04. The van der Waals surface area contributed by atoms with Crippen LogP contribution < -0.4 is 11.1 Å². The van der Waals surface area contributed by atoms with Gasteiger partial charge < -0.3 is 11.1 Å². The van der Waals surface area contributed by atoms with E-state index in [4.69, 9.17) is 5.73 Å². The molecule has 2 rings (SSSR count). The Morgan fingerprint density at radius 3 is 2.39 bits per heavy atom. The number of anilines is 2. The van der Waals surface area contributed by atoms with Crippen LogP contribution in [0.25, 0.3) is 0 Å². The number of nitrogen functional groups attached to an aromatic ring is 1. The molecule has 0 aromatic heterocycles. The Hall–Kier alpha value is -2.29. The Morgan fingerprint density at radius 1 is 1.06 bits per heavy atom. The third-order valence-electron chi connectivity index (χ3n) is 2.90. The Bertz CT molecular complexity index is 577. The number of nitrogens with two attached hydrogens (primary N) is 1. The molecule has 0 fully saturated rings. The van der Waals surface area contributed by atoms with E-state index in [9.17, 15) is 4.79 Å². The maximum absolute atomic E-state index is 12.0. The van der Waals surface area contributed by atoms with Crippen LogP contribution >= 0.6 is 0 Å². The first-order valence-corrected chi connectivity index (χ1v) is 5.81. The van der Waals surface area contributed by atoms with Crippen molar-refractivity contribution < 1.29 is 4.79 Å². The number of aryl methyl sites for hydroxylation is 2. The fourth-order valence-corrected chi connectivity index (χ4v) is 1.76. The highest BCUT2D eigenvalue weighted by atomic mass is 16.1. The molecule has 3 N–H and O–H groups in total. The van der Waals surface area contributed by atoms with Crippen molar-refractivity contribution in [2.45, 2.75) is 13.8 Å². The van der Waals surface area contributed by atoms with Gasteiger partial charge in [-0.3, -0.25) is 4.79 Å². The fourth-order valence-electron chi connectivity index (χ4n) is 1.76. The normalized spacial score (nSPS) is 10.1. The second-order valence-electron chi connectivity index (χ2n) is 4.34. The lowest BCUT2D eigenvalue weighted by Crippen LogP contribution is -2.13. The zero-order valence-corrected chi connectivity index (χ0v) is 10.5. The molecular formula is C15H16N2O. The van der Waals surface area contributed by atoms with Crippen molar-refractivity contribution in [3.63, 3.8) is 0 Å². The van der Waals surface area contributed by atoms with E-state index < -0.39 is 0 Å². The number of rotatable bonds is 2. The molecule has 0 unspecified atom stereocenters. The zero-order chi connectivity index (χ0) is 13.1. The van der Waals surface area contributed by atoms with Crippen LogP contribution in [0.1, 0.15) is 21.5 Å². The summed E-state index contributed by atoms with van der Waals surface area (Å²) in [5, 5.41) is 2.90. The molecule has 0 aliphatic carbocycles. The van der Waals surface area contributed by atoms with Crippen molar-refractivity contribution in [2.24, 2.45) is 0 Å². The number of carbonyl (C=O) groups is 1. The van der Waals surface area contributed by atoms with Crippen LogP contribution in [0, 0.1) is 13.8 Å². The summed E-state index contributed by atoms with van der Waals surface area (Å²) in [6, 6.07) is 12.9. The Balaban J connectivity index is 2.25. The average molecular weight is 240 g/mol. The van der Waals surface area contributed by atoms with Crippen molar-refractivity contribution in [1.82, 2.24) is 0 Å². The van der Waals surface area contributed by atoms with Crippen LogP contribution in [-0.4, -0.2) is 5.91 Å². The van der Waals surface area contributed by atoms with E-state index >= 15 is 0 Å². The summed E-state index contributed by atoms with van der Waals surface area (Å²) in [6.45, 7) is 3.85. The summed E-state index contributed by atoms with van der Waals surface area (Å²) >= 11 is 0. The van der Waals surface area contributed by atoms with Crippen LogP contribution in [0.4, 0.5) is 11.4 Å². The smallest absolute Gasteiger partial charge is 0.255 e. The minimum absolute atomic E-state index is 0.108. The van der Waals surface area contributed by atoms with Crippen molar-refractivity contribution in [2.75, 3.05) is 11.1 Å². The molecule has 0 aliphatic heterocycles. The van der Waals surface area contributed by atoms with E-state index in [-0.39, 0.29) is 5.91 Å². The highest BCUT2D eigenvalue weighted by Crippen LogP contribution is 2.22. The van der Waals surface area contributed by atoms with Gasteiger partial charge in [0.25, 0.3) is 5.91 Å². The first-order chi connectivity index (χ1) is 8.58. The van der Waals surface area contributed by atoms with E-state index in [1.165, 1.54) is 0 Å². The standard InChI is InChI=1S/C15H16N2O/c1-10-9-14(11(2)8-13(10)16)17-15(18)12-6-4-3-5-7-12/h3-9H,16H2,1-2H3,(H,17,18). The number of hydrogen-bond donors (Lipinski definition) is 2. The second-order valence-corrected chi connectivity index (χ2v) is 4.34. The highest BCUT2D eigenvalue weighted by Gasteiger charge is 2.08. The Morgan fingerprint density at radius 2 is 1.72 bits per heavy atom. The van der Waals surface area contributed by atoms with E-state index in [0.29, 0.717) is 5.56 Å². The molecule has 0 saturated heterocycles. The monoisotopic (exact) mass is 240 g/mol. The van der Waals surface area contributed by atoms with Gasteiger partial charge in [-0.25, -0.2) is 0 Å². The van der Waals surface area contributed by atoms with Gasteiger partial charge in [-0.15, -0.1) is 0 Å². The van der Waals surface area contributed by atoms with E-state index in [2.05, 4.69) is 5.32 Å².